The topological polar surface area (TPSA) is 56.5 Å². The van der Waals surface area contributed by atoms with Crippen molar-refractivity contribution >= 4 is 0 Å². The third-order valence-corrected chi connectivity index (χ3v) is 4.37. The van der Waals surface area contributed by atoms with Gasteiger partial charge in [-0.05, 0) is 46.5 Å². The van der Waals surface area contributed by atoms with Gasteiger partial charge in [-0.3, -0.25) is 0 Å². The van der Waals surface area contributed by atoms with Gasteiger partial charge in [0.1, 0.15) is 0 Å². The average Bonchev–Trinajstić information content (AvgIpc) is 2.73. The molecule has 4 nitrogen and oxygen atoms in total. The summed E-state index contributed by atoms with van der Waals surface area (Å²) in [5.74, 6) is 0. The van der Waals surface area contributed by atoms with Gasteiger partial charge in [-0.15, -0.1) is 0 Å². The molecule has 0 aromatic rings. The highest BCUT2D eigenvalue weighted by molar-refractivity contribution is 4.99. The summed E-state index contributed by atoms with van der Waals surface area (Å²) >= 11 is 0. The molecule has 4 heteroatoms. The van der Waals surface area contributed by atoms with E-state index in [9.17, 15) is 0 Å². The third-order valence-electron chi connectivity index (χ3n) is 4.37. The molecule has 2 saturated heterocycles. The Balaban J connectivity index is 1.95. The first-order valence-corrected chi connectivity index (χ1v) is 7.12. The van der Waals surface area contributed by atoms with Gasteiger partial charge in [-0.25, -0.2) is 0 Å². The van der Waals surface area contributed by atoms with Crippen molar-refractivity contribution in [2.75, 3.05) is 26.3 Å². The minimum Gasteiger partial charge on any atom is -0.375 e. The number of hydrogen-bond acceptors (Lipinski definition) is 4. The number of nitrogens with one attached hydrogen (secondary N) is 1. The Morgan fingerprint density at radius 2 is 1.89 bits per heavy atom. The summed E-state index contributed by atoms with van der Waals surface area (Å²) in [7, 11) is 0. The van der Waals surface area contributed by atoms with E-state index < -0.39 is 0 Å². The maximum atomic E-state index is 6.03. The summed E-state index contributed by atoms with van der Waals surface area (Å²) in [6.45, 7) is 9.72. The maximum absolute atomic E-state index is 6.03. The zero-order valence-corrected chi connectivity index (χ0v) is 12.1. The molecule has 3 N–H and O–H groups in total. The largest absolute Gasteiger partial charge is 0.375 e. The Labute approximate surface area is 111 Å². The molecule has 18 heavy (non-hydrogen) atoms. The van der Waals surface area contributed by atoms with Crippen molar-refractivity contribution in [3.05, 3.63) is 0 Å². The smallest absolute Gasteiger partial charge is 0.0779 e. The van der Waals surface area contributed by atoms with Gasteiger partial charge in [-0.1, -0.05) is 0 Å². The van der Waals surface area contributed by atoms with Gasteiger partial charge in [0.15, 0.2) is 0 Å². The molecule has 0 aliphatic carbocycles. The van der Waals surface area contributed by atoms with Gasteiger partial charge in [0.2, 0.25) is 0 Å². The molecule has 2 aliphatic heterocycles. The van der Waals surface area contributed by atoms with Crippen LogP contribution in [0.1, 0.15) is 46.5 Å². The molecule has 2 atom stereocenters. The molecule has 0 amide bonds. The van der Waals surface area contributed by atoms with Crippen LogP contribution < -0.4 is 11.1 Å². The monoisotopic (exact) mass is 256 g/mol. The van der Waals surface area contributed by atoms with E-state index in [2.05, 4.69) is 26.1 Å². The fraction of sp³-hybridized carbons (Fsp3) is 1.00. The summed E-state index contributed by atoms with van der Waals surface area (Å²) in [5, 5.41) is 3.69. The fourth-order valence-electron chi connectivity index (χ4n) is 3.23. The van der Waals surface area contributed by atoms with Crippen molar-refractivity contribution in [2.24, 2.45) is 5.73 Å². The van der Waals surface area contributed by atoms with E-state index in [0.29, 0.717) is 6.54 Å². The fourth-order valence-corrected chi connectivity index (χ4v) is 3.23. The molecule has 2 rings (SSSR count). The first kappa shape index (κ1) is 14.3. The molecule has 0 aromatic heterocycles. The van der Waals surface area contributed by atoms with Crippen molar-refractivity contribution in [3.8, 4) is 0 Å². The molecule has 106 valence electrons. The molecule has 2 aliphatic rings. The second kappa shape index (κ2) is 5.08. The molecule has 0 aromatic carbocycles. The predicted octanol–water partition coefficient (Wildman–Crippen LogP) is 1.43. The van der Waals surface area contributed by atoms with Crippen LogP contribution in [-0.2, 0) is 9.47 Å². The summed E-state index contributed by atoms with van der Waals surface area (Å²) in [4.78, 5) is 0. The Morgan fingerprint density at radius 1 is 1.11 bits per heavy atom. The van der Waals surface area contributed by atoms with E-state index in [-0.39, 0.29) is 16.7 Å². The molecule has 0 saturated carbocycles. The van der Waals surface area contributed by atoms with Crippen LogP contribution in [-0.4, -0.2) is 43.0 Å². The molecular weight excluding hydrogens is 228 g/mol. The Hall–Kier alpha value is -0.160. The predicted molar refractivity (Wildman–Crippen MR) is 72.6 cm³/mol. The van der Waals surface area contributed by atoms with Gasteiger partial charge in [0.25, 0.3) is 0 Å². The van der Waals surface area contributed by atoms with Gasteiger partial charge >= 0.3 is 0 Å². The maximum Gasteiger partial charge on any atom is 0.0779 e. The van der Waals surface area contributed by atoms with Crippen molar-refractivity contribution in [2.45, 2.75) is 63.2 Å². The molecule has 0 bridgehead atoms. The number of hydrogen-bond donors (Lipinski definition) is 2. The second-order valence-electron chi connectivity index (χ2n) is 6.77. The van der Waals surface area contributed by atoms with Crippen LogP contribution in [0.4, 0.5) is 0 Å². The van der Waals surface area contributed by atoms with E-state index in [1.54, 1.807) is 0 Å². The van der Waals surface area contributed by atoms with Crippen molar-refractivity contribution < 1.29 is 9.47 Å². The molecule has 2 unspecified atom stereocenters. The molecule has 0 spiro atoms. The molecule has 2 heterocycles. The first-order valence-electron chi connectivity index (χ1n) is 7.12. The summed E-state index contributed by atoms with van der Waals surface area (Å²) in [6.07, 6.45) is 4.26. The van der Waals surface area contributed by atoms with Crippen molar-refractivity contribution in [1.82, 2.24) is 5.32 Å². The normalized spacial score (nSPS) is 40.0. The zero-order valence-electron chi connectivity index (χ0n) is 12.1. The average molecular weight is 256 g/mol. The quantitative estimate of drug-likeness (QED) is 0.799. The van der Waals surface area contributed by atoms with Gasteiger partial charge in [-0.2, -0.15) is 0 Å². The van der Waals surface area contributed by atoms with E-state index in [1.165, 1.54) is 6.42 Å². The zero-order chi connectivity index (χ0) is 13.3. The van der Waals surface area contributed by atoms with Crippen molar-refractivity contribution in [1.29, 1.82) is 0 Å². The number of nitrogens with two attached hydrogens (primary N) is 1. The lowest BCUT2D eigenvalue weighted by atomic mass is 9.80. The lowest BCUT2D eigenvalue weighted by molar-refractivity contribution is -0.0903. The first-order chi connectivity index (χ1) is 8.39. The summed E-state index contributed by atoms with van der Waals surface area (Å²) in [5.41, 5.74) is 5.95. The lowest BCUT2D eigenvalue weighted by Gasteiger charge is -2.46. The highest BCUT2D eigenvalue weighted by Gasteiger charge is 2.41. The second-order valence-corrected chi connectivity index (χ2v) is 6.77. The van der Waals surface area contributed by atoms with E-state index >= 15 is 0 Å². The van der Waals surface area contributed by atoms with Crippen LogP contribution in [0.25, 0.3) is 0 Å². The SMILES string of the molecule is CC1(C)CC(CN)(NCC2(C)CCCO2)CCO1. The molecule has 2 fully saturated rings. The highest BCUT2D eigenvalue weighted by atomic mass is 16.5. The summed E-state index contributed by atoms with van der Waals surface area (Å²) in [6, 6.07) is 0. The number of rotatable bonds is 4. The Morgan fingerprint density at radius 3 is 2.44 bits per heavy atom. The highest BCUT2D eigenvalue weighted by Crippen LogP contribution is 2.32. The molecular formula is C14H28N2O2. The minimum absolute atomic E-state index is 0.00931. The van der Waals surface area contributed by atoms with Crippen LogP contribution in [0.2, 0.25) is 0 Å². The van der Waals surface area contributed by atoms with Gasteiger partial charge in [0, 0.05) is 31.8 Å². The standard InChI is InChI=1S/C14H28N2O2/c1-12(2)9-14(10-15,6-8-17-12)16-11-13(3)5-4-7-18-13/h16H,4-11,15H2,1-3H3. The minimum atomic E-state index is -0.0813. The third kappa shape index (κ3) is 3.23. The van der Waals surface area contributed by atoms with Crippen LogP contribution in [0, 0.1) is 0 Å². The van der Waals surface area contributed by atoms with Crippen LogP contribution in [0.15, 0.2) is 0 Å². The van der Waals surface area contributed by atoms with E-state index in [0.717, 1.165) is 39.0 Å². The van der Waals surface area contributed by atoms with E-state index in [1.807, 2.05) is 0 Å². The van der Waals surface area contributed by atoms with Crippen LogP contribution in [0.3, 0.4) is 0 Å². The number of ether oxygens (including phenoxy) is 2. The molecule has 0 radical (unpaired) electrons. The van der Waals surface area contributed by atoms with Crippen LogP contribution >= 0.6 is 0 Å². The lowest BCUT2D eigenvalue weighted by Crippen LogP contribution is -2.61. The Bertz CT molecular complexity index is 288. The van der Waals surface area contributed by atoms with Gasteiger partial charge in [0.05, 0.1) is 11.2 Å². The summed E-state index contributed by atoms with van der Waals surface area (Å²) < 4.78 is 11.6. The van der Waals surface area contributed by atoms with Gasteiger partial charge < -0.3 is 20.5 Å². The van der Waals surface area contributed by atoms with Crippen molar-refractivity contribution in [3.63, 3.8) is 0 Å². The van der Waals surface area contributed by atoms with E-state index in [4.69, 9.17) is 15.2 Å². The Kier molecular flexibility index (Phi) is 4.02. The van der Waals surface area contributed by atoms with Crippen LogP contribution in [0.5, 0.6) is 0 Å².